The summed E-state index contributed by atoms with van der Waals surface area (Å²) in [5.74, 6) is 0.608. The van der Waals surface area contributed by atoms with E-state index in [9.17, 15) is 9.90 Å². The van der Waals surface area contributed by atoms with Gasteiger partial charge in [0.15, 0.2) is 0 Å². The van der Waals surface area contributed by atoms with Gasteiger partial charge in [0.1, 0.15) is 11.4 Å². The minimum absolute atomic E-state index is 0.0904. The van der Waals surface area contributed by atoms with Gasteiger partial charge < -0.3 is 20.5 Å². The van der Waals surface area contributed by atoms with Crippen LogP contribution in [0.3, 0.4) is 0 Å². The van der Waals surface area contributed by atoms with Crippen molar-refractivity contribution < 1.29 is 14.6 Å². The molecule has 3 N–H and O–H groups in total. The van der Waals surface area contributed by atoms with Crippen LogP contribution in [0.2, 0.25) is 5.02 Å². The van der Waals surface area contributed by atoms with Crippen molar-refractivity contribution in [1.29, 1.82) is 0 Å². The van der Waals surface area contributed by atoms with E-state index in [0.29, 0.717) is 16.5 Å². The third-order valence-corrected chi connectivity index (χ3v) is 4.51. The lowest BCUT2D eigenvalue weighted by atomic mass is 10.1. The molecule has 118 valence electrons. The van der Waals surface area contributed by atoms with Gasteiger partial charge in [0.05, 0.1) is 24.4 Å². The van der Waals surface area contributed by atoms with Crippen LogP contribution in [0.15, 0.2) is 35.7 Å². The molecule has 0 radical (unpaired) electrons. The van der Waals surface area contributed by atoms with Crippen molar-refractivity contribution in [1.82, 2.24) is 5.32 Å². The number of methoxy groups -OCH3 is 1. The van der Waals surface area contributed by atoms with Crippen LogP contribution in [0.25, 0.3) is 0 Å². The van der Waals surface area contributed by atoms with Crippen molar-refractivity contribution in [3.05, 3.63) is 45.6 Å². The van der Waals surface area contributed by atoms with Crippen molar-refractivity contribution >= 4 is 34.7 Å². The Morgan fingerprint density at radius 2 is 2.23 bits per heavy atom. The summed E-state index contributed by atoms with van der Waals surface area (Å²) >= 11 is 7.49. The fourth-order valence-corrected chi connectivity index (χ4v) is 2.82. The van der Waals surface area contributed by atoms with E-state index in [-0.39, 0.29) is 6.54 Å². The molecule has 0 fully saturated rings. The zero-order valence-electron chi connectivity index (χ0n) is 12.2. The third kappa shape index (κ3) is 4.13. The maximum atomic E-state index is 11.9. The van der Waals surface area contributed by atoms with E-state index in [0.717, 1.165) is 4.88 Å². The number of hydrogen-bond acceptors (Lipinski definition) is 4. The molecule has 0 saturated carbocycles. The minimum Gasteiger partial charge on any atom is -0.497 e. The quantitative estimate of drug-likeness (QED) is 0.780. The molecule has 1 unspecified atom stereocenters. The first-order valence-corrected chi connectivity index (χ1v) is 7.83. The second kappa shape index (κ2) is 7.00. The van der Waals surface area contributed by atoms with Gasteiger partial charge in [0, 0.05) is 10.9 Å². The Morgan fingerprint density at radius 3 is 2.82 bits per heavy atom. The van der Waals surface area contributed by atoms with Crippen LogP contribution in [0.5, 0.6) is 5.75 Å². The maximum Gasteiger partial charge on any atom is 0.319 e. The summed E-state index contributed by atoms with van der Waals surface area (Å²) in [4.78, 5) is 12.7. The molecule has 0 aliphatic rings. The molecule has 5 nitrogen and oxygen atoms in total. The Hall–Kier alpha value is -1.76. The molecule has 2 rings (SSSR count). The summed E-state index contributed by atoms with van der Waals surface area (Å²) < 4.78 is 5.04. The Kier molecular flexibility index (Phi) is 5.28. The van der Waals surface area contributed by atoms with Gasteiger partial charge in [0.2, 0.25) is 0 Å². The van der Waals surface area contributed by atoms with Crippen LogP contribution in [0.1, 0.15) is 11.8 Å². The smallest absolute Gasteiger partial charge is 0.319 e. The van der Waals surface area contributed by atoms with Gasteiger partial charge in [-0.15, -0.1) is 11.3 Å². The predicted molar refractivity (Wildman–Crippen MR) is 88.9 cm³/mol. The van der Waals surface area contributed by atoms with Crippen LogP contribution >= 0.6 is 22.9 Å². The molecule has 22 heavy (non-hydrogen) atoms. The van der Waals surface area contributed by atoms with E-state index < -0.39 is 11.6 Å². The van der Waals surface area contributed by atoms with Crippen LogP contribution < -0.4 is 15.4 Å². The average Bonchev–Trinajstić information content (AvgIpc) is 3.02. The van der Waals surface area contributed by atoms with Gasteiger partial charge in [0.25, 0.3) is 0 Å². The number of carbonyl (C=O) groups excluding carboxylic acids is 1. The van der Waals surface area contributed by atoms with Crippen LogP contribution in [-0.4, -0.2) is 24.8 Å². The Bertz CT molecular complexity index is 644. The highest BCUT2D eigenvalue weighted by Gasteiger charge is 2.24. The first-order chi connectivity index (χ1) is 10.4. The summed E-state index contributed by atoms with van der Waals surface area (Å²) in [6.45, 7) is 1.74. The van der Waals surface area contributed by atoms with Gasteiger partial charge >= 0.3 is 6.03 Å². The van der Waals surface area contributed by atoms with Gasteiger partial charge in [-0.05, 0) is 30.5 Å². The van der Waals surface area contributed by atoms with Crippen molar-refractivity contribution in [3.63, 3.8) is 0 Å². The molecule has 2 amide bonds. The first kappa shape index (κ1) is 16.6. The number of hydrogen-bond donors (Lipinski definition) is 3. The molecule has 1 aromatic heterocycles. The zero-order chi connectivity index (χ0) is 16.2. The normalized spacial score (nSPS) is 13.3. The van der Waals surface area contributed by atoms with E-state index >= 15 is 0 Å². The molecule has 1 heterocycles. The number of carbonyl (C=O) groups is 1. The highest BCUT2D eigenvalue weighted by atomic mass is 35.5. The SMILES string of the molecule is COc1ccc(NC(=O)NCC(C)(O)c2cccs2)c(Cl)c1. The van der Waals surface area contributed by atoms with Crippen molar-refractivity contribution in [2.75, 3.05) is 19.0 Å². The lowest BCUT2D eigenvalue weighted by molar-refractivity contribution is 0.0637. The maximum absolute atomic E-state index is 11.9. The highest BCUT2D eigenvalue weighted by Crippen LogP contribution is 2.27. The summed E-state index contributed by atoms with van der Waals surface area (Å²) in [6, 6.07) is 8.19. The zero-order valence-corrected chi connectivity index (χ0v) is 13.8. The molecular formula is C15H17ClN2O3S. The Morgan fingerprint density at radius 1 is 1.45 bits per heavy atom. The summed E-state index contributed by atoms with van der Waals surface area (Å²) in [5.41, 5.74) is -0.648. The Labute approximate surface area is 137 Å². The minimum atomic E-state index is -1.12. The van der Waals surface area contributed by atoms with Crippen molar-refractivity contribution in [2.45, 2.75) is 12.5 Å². The van der Waals surface area contributed by atoms with Gasteiger partial charge in [-0.25, -0.2) is 4.79 Å². The summed E-state index contributed by atoms with van der Waals surface area (Å²) in [7, 11) is 1.54. The van der Waals surface area contributed by atoms with Gasteiger partial charge in [-0.3, -0.25) is 0 Å². The standard InChI is InChI=1S/C15H17ClN2O3S/c1-15(20,13-4-3-7-22-13)9-17-14(19)18-12-6-5-10(21-2)8-11(12)16/h3-8,20H,9H2,1-2H3,(H2,17,18,19). The van der Waals surface area contributed by atoms with Crippen molar-refractivity contribution in [2.24, 2.45) is 0 Å². The molecule has 0 spiro atoms. The number of benzene rings is 1. The fraction of sp³-hybridized carbons (Fsp3) is 0.267. The average molecular weight is 341 g/mol. The Balaban J connectivity index is 1.93. The van der Waals surface area contributed by atoms with Crippen LogP contribution in [0.4, 0.5) is 10.5 Å². The third-order valence-electron chi connectivity index (χ3n) is 3.07. The van der Waals surface area contributed by atoms with Gasteiger partial charge in [-0.2, -0.15) is 0 Å². The van der Waals surface area contributed by atoms with E-state index in [1.165, 1.54) is 18.4 Å². The van der Waals surface area contributed by atoms with Crippen LogP contribution in [0, 0.1) is 0 Å². The van der Waals surface area contributed by atoms with Gasteiger partial charge in [-0.1, -0.05) is 17.7 Å². The number of ether oxygens (including phenoxy) is 1. The monoisotopic (exact) mass is 340 g/mol. The molecule has 1 atom stereocenters. The number of urea groups is 1. The second-order valence-corrected chi connectivity index (χ2v) is 6.26. The molecule has 1 aromatic carbocycles. The molecule has 0 saturated heterocycles. The number of nitrogens with one attached hydrogen (secondary N) is 2. The molecule has 0 bridgehead atoms. The molecular weight excluding hydrogens is 324 g/mol. The summed E-state index contributed by atoms with van der Waals surface area (Å²) in [5, 5.41) is 17.9. The van der Waals surface area contributed by atoms with Crippen LogP contribution in [-0.2, 0) is 5.60 Å². The fourth-order valence-electron chi connectivity index (χ4n) is 1.82. The van der Waals surface area contributed by atoms with Crippen molar-refractivity contribution in [3.8, 4) is 5.75 Å². The topological polar surface area (TPSA) is 70.6 Å². The molecule has 0 aliphatic heterocycles. The highest BCUT2D eigenvalue weighted by molar-refractivity contribution is 7.10. The number of aliphatic hydroxyl groups is 1. The number of anilines is 1. The number of rotatable bonds is 5. The molecule has 0 aliphatic carbocycles. The lowest BCUT2D eigenvalue weighted by Gasteiger charge is -2.22. The first-order valence-electron chi connectivity index (χ1n) is 6.57. The largest absolute Gasteiger partial charge is 0.497 e. The van der Waals surface area contributed by atoms with E-state index in [1.54, 1.807) is 25.1 Å². The van der Waals surface area contributed by atoms with E-state index in [1.807, 2.05) is 17.5 Å². The second-order valence-electron chi connectivity index (χ2n) is 4.90. The molecule has 7 heteroatoms. The lowest BCUT2D eigenvalue weighted by Crippen LogP contribution is -2.40. The van der Waals surface area contributed by atoms with E-state index in [2.05, 4.69) is 10.6 Å². The molecule has 2 aromatic rings. The summed E-state index contributed by atoms with van der Waals surface area (Å²) in [6.07, 6.45) is 0. The number of amides is 2. The number of halogens is 1. The number of thiophene rings is 1. The predicted octanol–water partition coefficient (Wildman–Crippen LogP) is 3.44. The van der Waals surface area contributed by atoms with E-state index in [4.69, 9.17) is 16.3 Å².